The molecule has 1 heterocycles. The van der Waals surface area contributed by atoms with E-state index >= 15 is 0 Å². The SMILES string of the molecule is Cc1ccc(C(=O)[C@H](C)N(C(=O)c2ccc([N+](=O)[O-])cc2)N2C(=O)CCCC2=O)cc1. The molecule has 9 nitrogen and oxygen atoms in total. The molecule has 1 aliphatic heterocycles. The molecule has 0 saturated carbocycles. The lowest BCUT2D eigenvalue weighted by molar-refractivity contribution is -0.384. The van der Waals surface area contributed by atoms with Crippen LogP contribution in [0.1, 0.15) is 52.5 Å². The van der Waals surface area contributed by atoms with E-state index in [-0.39, 0.29) is 24.1 Å². The summed E-state index contributed by atoms with van der Waals surface area (Å²) in [4.78, 5) is 61.8. The number of non-ortho nitro benzene ring substituents is 1. The topological polar surface area (TPSA) is 118 Å². The number of hydrogen-bond donors (Lipinski definition) is 0. The van der Waals surface area contributed by atoms with E-state index in [1.165, 1.54) is 19.1 Å². The number of nitrogens with zero attached hydrogens (tertiary/aromatic N) is 3. The average Bonchev–Trinajstić information content (AvgIpc) is 2.75. The van der Waals surface area contributed by atoms with Crippen LogP contribution in [-0.4, -0.2) is 44.5 Å². The van der Waals surface area contributed by atoms with Gasteiger partial charge in [-0.05, 0) is 32.4 Å². The molecule has 0 unspecified atom stereocenters. The Bertz CT molecular complexity index is 1030. The number of rotatable bonds is 6. The second-order valence-corrected chi connectivity index (χ2v) is 7.31. The van der Waals surface area contributed by atoms with Gasteiger partial charge >= 0.3 is 0 Å². The van der Waals surface area contributed by atoms with Crippen molar-refractivity contribution in [2.75, 3.05) is 0 Å². The normalized spacial score (nSPS) is 14.8. The number of Topliss-reactive ketones (excluding diaryl/α,β-unsaturated/α-hetero) is 1. The van der Waals surface area contributed by atoms with E-state index in [2.05, 4.69) is 0 Å². The van der Waals surface area contributed by atoms with E-state index in [0.29, 0.717) is 12.0 Å². The number of benzene rings is 2. The monoisotopic (exact) mass is 423 g/mol. The highest BCUT2D eigenvalue weighted by Gasteiger charge is 2.40. The number of piperidine rings is 1. The number of hydrazine groups is 1. The zero-order valence-corrected chi connectivity index (χ0v) is 17.1. The van der Waals surface area contributed by atoms with Crippen LogP contribution < -0.4 is 0 Å². The van der Waals surface area contributed by atoms with E-state index in [1.54, 1.807) is 24.3 Å². The van der Waals surface area contributed by atoms with Crippen LogP contribution >= 0.6 is 0 Å². The molecule has 3 amide bonds. The van der Waals surface area contributed by atoms with Gasteiger partial charge in [0.1, 0.15) is 6.04 Å². The fourth-order valence-electron chi connectivity index (χ4n) is 3.35. The molecule has 3 rings (SSSR count). The molecule has 1 fully saturated rings. The van der Waals surface area contributed by atoms with Gasteiger partial charge in [-0.25, -0.2) is 5.01 Å². The summed E-state index contributed by atoms with van der Waals surface area (Å²) in [6.45, 7) is 3.31. The molecule has 1 aliphatic rings. The van der Waals surface area contributed by atoms with Crippen molar-refractivity contribution in [1.29, 1.82) is 0 Å². The standard InChI is InChI=1S/C22H21N3O6/c1-14-6-8-16(9-7-14)21(28)15(2)23(24-19(26)4-3-5-20(24)27)22(29)17-10-12-18(13-11-17)25(30)31/h6-13,15H,3-5H2,1-2H3/t15-/m0/s1. The minimum absolute atomic E-state index is 0.0142. The predicted molar refractivity (Wildman–Crippen MR) is 110 cm³/mol. The van der Waals surface area contributed by atoms with Crippen molar-refractivity contribution < 1.29 is 24.1 Å². The summed E-state index contributed by atoms with van der Waals surface area (Å²) in [7, 11) is 0. The second kappa shape index (κ2) is 8.86. The Labute approximate surface area is 178 Å². The zero-order valence-electron chi connectivity index (χ0n) is 17.1. The maximum absolute atomic E-state index is 13.3. The van der Waals surface area contributed by atoms with E-state index in [9.17, 15) is 29.3 Å². The van der Waals surface area contributed by atoms with Crippen LogP contribution in [0.4, 0.5) is 5.69 Å². The van der Waals surface area contributed by atoms with Crippen LogP contribution in [0.25, 0.3) is 0 Å². The van der Waals surface area contributed by atoms with Crippen LogP contribution in [0.2, 0.25) is 0 Å². The minimum atomic E-state index is -1.16. The van der Waals surface area contributed by atoms with E-state index in [4.69, 9.17) is 0 Å². The van der Waals surface area contributed by atoms with Gasteiger partial charge in [0.25, 0.3) is 11.6 Å². The van der Waals surface area contributed by atoms with Gasteiger partial charge in [-0.1, -0.05) is 29.8 Å². The molecule has 0 spiro atoms. The Kier molecular flexibility index (Phi) is 6.24. The third kappa shape index (κ3) is 4.50. The van der Waals surface area contributed by atoms with Crippen LogP contribution in [-0.2, 0) is 9.59 Å². The van der Waals surface area contributed by atoms with Crippen molar-refractivity contribution in [2.45, 2.75) is 39.2 Å². The zero-order chi connectivity index (χ0) is 22.7. The molecular formula is C22H21N3O6. The van der Waals surface area contributed by atoms with Crippen molar-refractivity contribution in [3.63, 3.8) is 0 Å². The van der Waals surface area contributed by atoms with Crippen LogP contribution in [0, 0.1) is 17.0 Å². The first-order valence-corrected chi connectivity index (χ1v) is 9.75. The highest BCUT2D eigenvalue weighted by molar-refractivity contribution is 6.07. The summed E-state index contributed by atoms with van der Waals surface area (Å²) in [5.41, 5.74) is 1.08. The van der Waals surface area contributed by atoms with Gasteiger partial charge < -0.3 is 0 Å². The maximum Gasteiger partial charge on any atom is 0.273 e. The average molecular weight is 423 g/mol. The number of ketones is 1. The summed E-state index contributed by atoms with van der Waals surface area (Å²) >= 11 is 0. The van der Waals surface area contributed by atoms with Gasteiger partial charge in [-0.15, -0.1) is 0 Å². The predicted octanol–water partition coefficient (Wildman–Crippen LogP) is 3.07. The Morgan fingerprint density at radius 3 is 2.00 bits per heavy atom. The fraction of sp³-hybridized carbons (Fsp3) is 0.273. The van der Waals surface area contributed by atoms with Crippen molar-refractivity contribution in [3.05, 3.63) is 75.3 Å². The molecule has 0 radical (unpaired) electrons. The molecule has 9 heteroatoms. The quantitative estimate of drug-likeness (QED) is 0.305. The number of nitro groups is 1. The van der Waals surface area contributed by atoms with E-state index in [0.717, 1.165) is 27.7 Å². The van der Waals surface area contributed by atoms with Crippen LogP contribution in [0.15, 0.2) is 48.5 Å². The lowest BCUT2D eigenvalue weighted by Gasteiger charge is -2.38. The molecule has 31 heavy (non-hydrogen) atoms. The van der Waals surface area contributed by atoms with E-state index < -0.39 is 34.5 Å². The smallest absolute Gasteiger partial charge is 0.273 e. The molecule has 2 aromatic carbocycles. The third-order valence-corrected chi connectivity index (χ3v) is 5.08. The number of imide groups is 1. The van der Waals surface area contributed by atoms with Crippen LogP contribution in [0.3, 0.4) is 0 Å². The van der Waals surface area contributed by atoms with Crippen LogP contribution in [0.5, 0.6) is 0 Å². The molecule has 0 aliphatic carbocycles. The highest BCUT2D eigenvalue weighted by atomic mass is 16.6. The Hall–Kier alpha value is -3.88. The number of carbonyl (C=O) groups excluding carboxylic acids is 4. The van der Waals surface area contributed by atoms with Gasteiger partial charge in [0.05, 0.1) is 4.92 Å². The Balaban J connectivity index is 2.01. The van der Waals surface area contributed by atoms with Crippen molar-refractivity contribution in [2.24, 2.45) is 0 Å². The van der Waals surface area contributed by atoms with Gasteiger partial charge in [-0.2, -0.15) is 5.01 Å². The first-order valence-electron chi connectivity index (χ1n) is 9.75. The molecule has 0 N–H and O–H groups in total. The number of nitro benzene ring substituents is 1. The van der Waals surface area contributed by atoms with Gasteiger partial charge in [0.2, 0.25) is 11.8 Å². The summed E-state index contributed by atoms with van der Waals surface area (Å²) in [6.07, 6.45) is 0.510. The highest BCUT2D eigenvalue weighted by Crippen LogP contribution is 2.23. The Morgan fingerprint density at radius 2 is 1.48 bits per heavy atom. The van der Waals surface area contributed by atoms with Crippen molar-refractivity contribution >= 4 is 29.2 Å². The van der Waals surface area contributed by atoms with E-state index in [1.807, 2.05) is 6.92 Å². The first-order chi connectivity index (χ1) is 14.7. The number of aryl methyl sites for hydroxylation is 1. The summed E-state index contributed by atoms with van der Waals surface area (Å²) < 4.78 is 0. The van der Waals surface area contributed by atoms with Gasteiger partial charge in [0.15, 0.2) is 5.78 Å². The lowest BCUT2D eigenvalue weighted by Crippen LogP contribution is -2.59. The van der Waals surface area contributed by atoms with Crippen molar-refractivity contribution in [1.82, 2.24) is 10.0 Å². The largest absolute Gasteiger partial charge is 0.292 e. The molecule has 160 valence electrons. The lowest BCUT2D eigenvalue weighted by atomic mass is 10.0. The summed E-state index contributed by atoms with van der Waals surface area (Å²) in [5, 5.41) is 12.5. The molecule has 2 aromatic rings. The summed E-state index contributed by atoms with van der Waals surface area (Å²) in [6, 6.07) is 10.3. The number of amides is 3. The number of hydrogen-bond acceptors (Lipinski definition) is 6. The molecule has 1 atom stereocenters. The Morgan fingerprint density at radius 1 is 0.968 bits per heavy atom. The molecule has 0 aromatic heterocycles. The molecule has 1 saturated heterocycles. The summed E-state index contributed by atoms with van der Waals surface area (Å²) in [5.74, 6) is -2.36. The third-order valence-electron chi connectivity index (χ3n) is 5.08. The first kappa shape index (κ1) is 21.8. The van der Waals surface area contributed by atoms with Gasteiger partial charge in [0, 0.05) is 36.1 Å². The molecular weight excluding hydrogens is 402 g/mol. The maximum atomic E-state index is 13.3. The second-order valence-electron chi connectivity index (χ2n) is 7.31. The molecule has 0 bridgehead atoms. The van der Waals surface area contributed by atoms with Gasteiger partial charge in [-0.3, -0.25) is 29.3 Å². The van der Waals surface area contributed by atoms with Crippen molar-refractivity contribution in [3.8, 4) is 0 Å². The fourth-order valence-corrected chi connectivity index (χ4v) is 3.35. The minimum Gasteiger partial charge on any atom is -0.292 e. The number of carbonyl (C=O) groups is 4.